The molecule has 2 aliphatic heterocycles. The first kappa shape index (κ1) is 26.3. The van der Waals surface area contributed by atoms with Crippen LogP contribution in [0.2, 0.25) is 0 Å². The summed E-state index contributed by atoms with van der Waals surface area (Å²) >= 11 is 0. The van der Waals surface area contributed by atoms with E-state index in [-0.39, 0.29) is 19.8 Å². The lowest BCUT2D eigenvalue weighted by atomic mass is 9.99. The molecule has 180 valence electrons. The molecule has 10 heteroatoms. The zero-order valence-electron chi connectivity index (χ0n) is 18.2. The average Bonchev–Trinajstić information content (AvgIpc) is 2.72. The number of rotatable bonds is 9. The second kappa shape index (κ2) is 12.4. The van der Waals surface area contributed by atoms with Gasteiger partial charge in [0.2, 0.25) is 0 Å². The van der Waals surface area contributed by atoms with Crippen molar-refractivity contribution in [2.24, 2.45) is 0 Å². The molecule has 0 aromatic carbocycles. The minimum atomic E-state index is -1.53. The molecule has 2 aliphatic rings. The molecule has 2 rings (SSSR count). The van der Waals surface area contributed by atoms with Crippen molar-refractivity contribution in [3.63, 3.8) is 0 Å². The summed E-state index contributed by atoms with van der Waals surface area (Å²) in [6.07, 6.45) is -6.36. The maximum atomic E-state index is 10.2. The van der Waals surface area contributed by atoms with E-state index in [1.165, 1.54) is 5.57 Å². The van der Waals surface area contributed by atoms with E-state index in [2.05, 4.69) is 6.08 Å². The first-order chi connectivity index (χ1) is 14.6. The van der Waals surface area contributed by atoms with Gasteiger partial charge in [0.25, 0.3) is 0 Å². The van der Waals surface area contributed by atoms with Crippen molar-refractivity contribution in [3.05, 3.63) is 23.3 Å². The Labute approximate surface area is 182 Å². The van der Waals surface area contributed by atoms with Crippen LogP contribution in [0.1, 0.15) is 33.6 Å². The van der Waals surface area contributed by atoms with Gasteiger partial charge in [-0.25, -0.2) is 0 Å². The predicted molar refractivity (Wildman–Crippen MR) is 109 cm³/mol. The molecule has 0 radical (unpaired) electrons. The minimum absolute atomic E-state index is 0.146. The van der Waals surface area contributed by atoms with Gasteiger partial charge in [-0.3, -0.25) is 0 Å². The lowest BCUT2D eigenvalue weighted by Gasteiger charge is -2.41. The van der Waals surface area contributed by atoms with Crippen LogP contribution in [0.3, 0.4) is 0 Å². The first-order valence-electron chi connectivity index (χ1n) is 10.5. The fraction of sp³-hybridized carbons (Fsp3) is 0.810. The molecule has 0 aromatic rings. The van der Waals surface area contributed by atoms with Gasteiger partial charge in [0.1, 0.15) is 42.7 Å². The van der Waals surface area contributed by atoms with Crippen molar-refractivity contribution in [1.82, 2.24) is 0 Å². The van der Waals surface area contributed by atoms with Crippen molar-refractivity contribution in [3.8, 4) is 0 Å². The van der Waals surface area contributed by atoms with E-state index in [0.29, 0.717) is 0 Å². The highest BCUT2D eigenvalue weighted by Crippen LogP contribution is 2.24. The molecule has 0 aromatic heterocycles. The molecule has 2 heterocycles. The Balaban J connectivity index is 1.86. The van der Waals surface area contributed by atoms with Gasteiger partial charge in [0.05, 0.1) is 19.8 Å². The quantitative estimate of drug-likeness (QED) is 0.241. The van der Waals surface area contributed by atoms with Gasteiger partial charge in [0.15, 0.2) is 12.6 Å². The lowest BCUT2D eigenvalue weighted by Crippen LogP contribution is -2.60. The fourth-order valence-electron chi connectivity index (χ4n) is 3.28. The van der Waals surface area contributed by atoms with Gasteiger partial charge < -0.3 is 49.6 Å². The summed E-state index contributed by atoms with van der Waals surface area (Å²) < 4.78 is 21.6. The third kappa shape index (κ3) is 7.57. The van der Waals surface area contributed by atoms with Crippen LogP contribution in [-0.4, -0.2) is 106 Å². The Kier molecular flexibility index (Phi) is 10.5. The lowest BCUT2D eigenvalue weighted by molar-refractivity contribution is -0.319. The highest BCUT2D eigenvalue weighted by atomic mass is 16.7. The summed E-state index contributed by atoms with van der Waals surface area (Å²) in [6.45, 7) is 5.65. The summed E-state index contributed by atoms with van der Waals surface area (Å²) in [6, 6.07) is 0. The molecule has 6 N–H and O–H groups in total. The van der Waals surface area contributed by atoms with Crippen LogP contribution in [0.5, 0.6) is 0 Å². The van der Waals surface area contributed by atoms with E-state index in [1.807, 2.05) is 26.8 Å². The standard InChI is InChI=1S/C21H36O10/c1-11(2)5-4-6-12(3)7-8-28-21-19(27)17(25)16(24)14(31-21)10-30-20-18(26)15(23)13(22)9-29-20/h5,7,13-27H,4,6,8-10H2,1-3H3/b12-7+/t13-,14+,15-,16+,17-,18+,19+,20-,21+/m0/s1. The Morgan fingerprint density at radius 2 is 1.52 bits per heavy atom. The number of hydrogen-bond donors (Lipinski definition) is 6. The molecule has 0 aliphatic carbocycles. The second-order valence-corrected chi connectivity index (χ2v) is 8.30. The van der Waals surface area contributed by atoms with Crippen LogP contribution < -0.4 is 0 Å². The molecule has 0 amide bonds. The molecule has 0 spiro atoms. The number of aliphatic hydroxyl groups is 6. The Morgan fingerprint density at radius 3 is 2.19 bits per heavy atom. The molecule has 10 nitrogen and oxygen atoms in total. The normalized spacial score (nSPS) is 39.4. The molecule has 31 heavy (non-hydrogen) atoms. The van der Waals surface area contributed by atoms with Gasteiger partial charge in [-0.1, -0.05) is 23.3 Å². The summed E-state index contributed by atoms with van der Waals surface area (Å²) in [5.74, 6) is 0. The minimum Gasteiger partial charge on any atom is -0.388 e. The van der Waals surface area contributed by atoms with Gasteiger partial charge in [0, 0.05) is 0 Å². The van der Waals surface area contributed by atoms with E-state index < -0.39 is 55.3 Å². The van der Waals surface area contributed by atoms with Gasteiger partial charge in [-0.2, -0.15) is 0 Å². The predicted octanol–water partition coefficient (Wildman–Crippen LogP) is -1.04. The third-order valence-electron chi connectivity index (χ3n) is 5.33. The van der Waals surface area contributed by atoms with E-state index in [9.17, 15) is 30.6 Å². The van der Waals surface area contributed by atoms with Gasteiger partial charge in [-0.15, -0.1) is 0 Å². The van der Waals surface area contributed by atoms with E-state index in [0.717, 1.165) is 18.4 Å². The zero-order valence-corrected chi connectivity index (χ0v) is 18.2. The van der Waals surface area contributed by atoms with Crippen LogP contribution in [0.15, 0.2) is 23.3 Å². The van der Waals surface area contributed by atoms with Crippen LogP contribution in [0.25, 0.3) is 0 Å². The molecular weight excluding hydrogens is 412 g/mol. The Morgan fingerprint density at radius 1 is 0.839 bits per heavy atom. The smallest absolute Gasteiger partial charge is 0.187 e. The van der Waals surface area contributed by atoms with Crippen molar-refractivity contribution in [1.29, 1.82) is 0 Å². The van der Waals surface area contributed by atoms with E-state index in [4.69, 9.17) is 18.9 Å². The molecule has 9 atom stereocenters. The maximum Gasteiger partial charge on any atom is 0.187 e. The summed E-state index contributed by atoms with van der Waals surface area (Å²) in [5, 5.41) is 59.6. The van der Waals surface area contributed by atoms with Crippen molar-refractivity contribution in [2.75, 3.05) is 19.8 Å². The Hall–Kier alpha value is -0.920. The molecule has 2 fully saturated rings. The molecule has 0 saturated carbocycles. The van der Waals surface area contributed by atoms with Gasteiger partial charge in [-0.05, 0) is 33.6 Å². The van der Waals surface area contributed by atoms with Crippen LogP contribution in [0, 0.1) is 0 Å². The molecular formula is C21H36O10. The summed E-state index contributed by atoms with van der Waals surface area (Å²) in [5.41, 5.74) is 2.35. The highest BCUT2D eigenvalue weighted by Gasteiger charge is 2.45. The van der Waals surface area contributed by atoms with E-state index in [1.54, 1.807) is 0 Å². The van der Waals surface area contributed by atoms with Crippen molar-refractivity contribution in [2.45, 2.75) is 88.9 Å². The zero-order chi connectivity index (χ0) is 23.1. The van der Waals surface area contributed by atoms with Crippen molar-refractivity contribution < 1.29 is 49.6 Å². The topological polar surface area (TPSA) is 158 Å². The first-order valence-corrected chi connectivity index (χ1v) is 10.5. The maximum absolute atomic E-state index is 10.2. The SMILES string of the molecule is CC(C)=CCC/C(C)=C/CO[C@@H]1O[C@H](CO[C@@H]2OC[C@H](O)[C@H](O)[C@H]2O)[C@@H](O)[C@H](O)[C@H]1O. The number of allylic oxidation sites excluding steroid dienone is 3. The van der Waals surface area contributed by atoms with Gasteiger partial charge >= 0.3 is 0 Å². The van der Waals surface area contributed by atoms with Crippen LogP contribution in [-0.2, 0) is 18.9 Å². The molecule has 0 bridgehead atoms. The highest BCUT2D eigenvalue weighted by molar-refractivity contribution is 5.02. The van der Waals surface area contributed by atoms with Crippen LogP contribution in [0.4, 0.5) is 0 Å². The number of ether oxygens (including phenoxy) is 4. The van der Waals surface area contributed by atoms with Crippen molar-refractivity contribution >= 4 is 0 Å². The number of aliphatic hydroxyl groups excluding tert-OH is 6. The molecule has 0 unspecified atom stereocenters. The number of hydrogen-bond acceptors (Lipinski definition) is 10. The average molecular weight is 449 g/mol. The monoisotopic (exact) mass is 448 g/mol. The largest absolute Gasteiger partial charge is 0.388 e. The third-order valence-corrected chi connectivity index (χ3v) is 5.33. The summed E-state index contributed by atoms with van der Waals surface area (Å²) in [7, 11) is 0. The fourth-order valence-corrected chi connectivity index (χ4v) is 3.28. The van der Waals surface area contributed by atoms with E-state index >= 15 is 0 Å². The Bertz CT molecular complexity index is 605. The molecule has 2 saturated heterocycles. The second-order valence-electron chi connectivity index (χ2n) is 8.30. The summed E-state index contributed by atoms with van der Waals surface area (Å²) in [4.78, 5) is 0. The van der Waals surface area contributed by atoms with Crippen LogP contribution >= 0.6 is 0 Å².